The first kappa shape index (κ1) is 15.0. The fraction of sp³-hybridized carbons (Fsp3) is 0.692. The molecule has 2 rings (SSSR count). The van der Waals surface area contributed by atoms with Gasteiger partial charge < -0.3 is 5.32 Å². The third kappa shape index (κ3) is 4.02. The Kier molecular flexibility index (Phi) is 5.00. The van der Waals surface area contributed by atoms with Crippen molar-refractivity contribution in [3.8, 4) is 0 Å². The van der Waals surface area contributed by atoms with Crippen molar-refractivity contribution < 1.29 is 8.42 Å². The first-order valence-electron chi connectivity index (χ1n) is 6.81. The summed E-state index contributed by atoms with van der Waals surface area (Å²) in [7, 11) is -1.63. The van der Waals surface area contributed by atoms with Gasteiger partial charge in [0.25, 0.3) is 10.0 Å². The fourth-order valence-electron chi connectivity index (χ4n) is 1.79. The molecule has 6 heteroatoms. The summed E-state index contributed by atoms with van der Waals surface area (Å²) in [5, 5.41) is 5.34. The van der Waals surface area contributed by atoms with Crippen LogP contribution in [0.5, 0.6) is 0 Å². The normalized spacial score (nSPS) is 16.2. The van der Waals surface area contributed by atoms with Crippen LogP contribution in [0.25, 0.3) is 0 Å². The Balaban J connectivity index is 1.98. The summed E-state index contributed by atoms with van der Waals surface area (Å²) in [6.07, 6.45) is 4.39. The van der Waals surface area contributed by atoms with Gasteiger partial charge >= 0.3 is 0 Å². The van der Waals surface area contributed by atoms with Gasteiger partial charge in [-0.15, -0.1) is 11.3 Å². The van der Waals surface area contributed by atoms with Crippen LogP contribution in [0.1, 0.15) is 38.2 Å². The van der Waals surface area contributed by atoms with Gasteiger partial charge in [-0.1, -0.05) is 13.3 Å². The van der Waals surface area contributed by atoms with E-state index in [1.165, 1.54) is 28.5 Å². The number of unbranched alkanes of at least 4 members (excludes halogenated alkanes) is 1. The van der Waals surface area contributed by atoms with Gasteiger partial charge in [0, 0.05) is 26.2 Å². The molecule has 1 aliphatic rings. The quantitative estimate of drug-likeness (QED) is 0.802. The predicted octanol–water partition coefficient (Wildman–Crippen LogP) is 2.42. The van der Waals surface area contributed by atoms with Crippen LogP contribution in [0.15, 0.2) is 15.7 Å². The Bertz CT molecular complexity index is 506. The molecule has 1 aromatic heterocycles. The maximum Gasteiger partial charge on any atom is 0.252 e. The second-order valence-corrected chi connectivity index (χ2v) is 8.29. The summed E-state index contributed by atoms with van der Waals surface area (Å²) in [6.45, 7) is 3.43. The summed E-state index contributed by atoms with van der Waals surface area (Å²) in [5.41, 5.74) is 1.07. The maximum atomic E-state index is 12.3. The second-order valence-electron chi connectivity index (χ2n) is 5.11. The molecule has 0 bridgehead atoms. The van der Waals surface area contributed by atoms with Gasteiger partial charge in [-0.2, -0.15) is 0 Å². The number of hydrogen-bond donors (Lipinski definition) is 1. The third-order valence-corrected chi connectivity index (χ3v) is 6.61. The summed E-state index contributed by atoms with van der Waals surface area (Å²) in [6, 6.07) is 2.45. The van der Waals surface area contributed by atoms with Crippen molar-refractivity contribution in [1.82, 2.24) is 9.62 Å². The Hall–Kier alpha value is -0.430. The van der Waals surface area contributed by atoms with Crippen LogP contribution >= 0.6 is 11.3 Å². The van der Waals surface area contributed by atoms with Crippen LogP contribution in [-0.4, -0.2) is 32.4 Å². The van der Waals surface area contributed by atoms with Crippen LogP contribution in [0, 0.1) is 0 Å². The van der Waals surface area contributed by atoms with Crippen molar-refractivity contribution in [2.45, 2.75) is 49.4 Å². The van der Waals surface area contributed by atoms with E-state index >= 15 is 0 Å². The molecule has 0 radical (unpaired) electrons. The van der Waals surface area contributed by atoms with E-state index in [0.29, 0.717) is 16.8 Å². The molecule has 0 unspecified atom stereocenters. The molecule has 1 fully saturated rings. The van der Waals surface area contributed by atoms with Gasteiger partial charge in [-0.3, -0.25) is 0 Å². The predicted molar refractivity (Wildman–Crippen MR) is 78.9 cm³/mol. The van der Waals surface area contributed by atoms with E-state index in [-0.39, 0.29) is 0 Å². The standard InChI is InChI=1S/C13H22N2O2S2/c1-3-4-7-15(2)19(16,17)13-8-11(10-18-13)9-14-12-5-6-12/h8,10,12,14H,3-7,9H2,1-2H3. The zero-order chi connectivity index (χ0) is 13.9. The molecular weight excluding hydrogens is 280 g/mol. The Morgan fingerprint density at radius 1 is 1.47 bits per heavy atom. The van der Waals surface area contributed by atoms with Crippen molar-refractivity contribution in [3.05, 3.63) is 17.0 Å². The topological polar surface area (TPSA) is 49.4 Å². The van der Waals surface area contributed by atoms with E-state index in [2.05, 4.69) is 12.2 Å². The number of thiophene rings is 1. The molecule has 19 heavy (non-hydrogen) atoms. The van der Waals surface area contributed by atoms with Crippen LogP contribution in [0.2, 0.25) is 0 Å². The van der Waals surface area contributed by atoms with E-state index in [4.69, 9.17) is 0 Å². The number of nitrogens with zero attached hydrogens (tertiary/aromatic N) is 1. The highest BCUT2D eigenvalue weighted by molar-refractivity contribution is 7.91. The minimum Gasteiger partial charge on any atom is -0.310 e. The molecule has 0 amide bonds. The summed E-state index contributed by atoms with van der Waals surface area (Å²) >= 11 is 1.32. The number of hydrogen-bond acceptors (Lipinski definition) is 4. The second kappa shape index (κ2) is 6.35. The van der Waals surface area contributed by atoms with Gasteiger partial charge in [0.2, 0.25) is 0 Å². The minimum absolute atomic E-state index is 0.457. The number of rotatable bonds is 8. The summed E-state index contributed by atoms with van der Waals surface area (Å²) < 4.78 is 26.6. The average molecular weight is 302 g/mol. The molecular formula is C13H22N2O2S2. The van der Waals surface area contributed by atoms with Crippen molar-refractivity contribution >= 4 is 21.4 Å². The summed E-state index contributed by atoms with van der Waals surface area (Å²) in [5.74, 6) is 0. The first-order chi connectivity index (χ1) is 9.04. The highest BCUT2D eigenvalue weighted by Crippen LogP contribution is 2.25. The highest BCUT2D eigenvalue weighted by Gasteiger charge is 2.23. The zero-order valence-corrected chi connectivity index (χ0v) is 13.2. The third-order valence-electron chi connectivity index (χ3n) is 3.29. The molecule has 0 aromatic carbocycles. The lowest BCUT2D eigenvalue weighted by molar-refractivity contribution is 0.461. The van der Waals surface area contributed by atoms with E-state index in [1.807, 2.05) is 5.38 Å². The highest BCUT2D eigenvalue weighted by atomic mass is 32.2. The SMILES string of the molecule is CCCCN(C)S(=O)(=O)c1cc(CNC2CC2)cs1. The zero-order valence-electron chi connectivity index (χ0n) is 11.6. The Morgan fingerprint density at radius 2 is 2.21 bits per heavy atom. The molecule has 4 nitrogen and oxygen atoms in total. The molecule has 108 valence electrons. The molecule has 1 aliphatic carbocycles. The van der Waals surface area contributed by atoms with E-state index < -0.39 is 10.0 Å². The smallest absolute Gasteiger partial charge is 0.252 e. The lowest BCUT2D eigenvalue weighted by atomic mass is 10.3. The molecule has 1 N–H and O–H groups in total. The number of nitrogens with one attached hydrogen (secondary N) is 1. The molecule has 1 heterocycles. The minimum atomic E-state index is -3.29. The van der Waals surface area contributed by atoms with Gasteiger partial charge in [0.1, 0.15) is 4.21 Å². The molecule has 0 spiro atoms. The van der Waals surface area contributed by atoms with Gasteiger partial charge in [0.15, 0.2) is 0 Å². The lowest BCUT2D eigenvalue weighted by Crippen LogP contribution is -2.27. The van der Waals surface area contributed by atoms with Crippen molar-refractivity contribution in [1.29, 1.82) is 0 Å². The Labute approximate surface area is 119 Å². The molecule has 0 saturated heterocycles. The van der Waals surface area contributed by atoms with Crippen LogP contribution in [0.4, 0.5) is 0 Å². The lowest BCUT2D eigenvalue weighted by Gasteiger charge is -2.15. The van der Waals surface area contributed by atoms with Crippen molar-refractivity contribution in [2.24, 2.45) is 0 Å². The van der Waals surface area contributed by atoms with Gasteiger partial charge in [-0.25, -0.2) is 12.7 Å². The van der Waals surface area contributed by atoms with Crippen molar-refractivity contribution in [3.63, 3.8) is 0 Å². The van der Waals surface area contributed by atoms with Crippen LogP contribution in [-0.2, 0) is 16.6 Å². The van der Waals surface area contributed by atoms with Crippen LogP contribution in [0.3, 0.4) is 0 Å². The molecule has 0 atom stereocenters. The van der Waals surface area contributed by atoms with Crippen LogP contribution < -0.4 is 5.32 Å². The molecule has 1 aromatic rings. The van der Waals surface area contributed by atoms with Crippen molar-refractivity contribution in [2.75, 3.05) is 13.6 Å². The largest absolute Gasteiger partial charge is 0.310 e. The number of sulfonamides is 1. The van der Waals surface area contributed by atoms with Gasteiger partial charge in [-0.05, 0) is 36.3 Å². The molecule has 0 aliphatic heterocycles. The first-order valence-corrected chi connectivity index (χ1v) is 9.13. The van der Waals surface area contributed by atoms with Gasteiger partial charge in [0.05, 0.1) is 0 Å². The maximum absolute atomic E-state index is 12.3. The monoisotopic (exact) mass is 302 g/mol. The Morgan fingerprint density at radius 3 is 2.84 bits per heavy atom. The fourth-order valence-corrected chi connectivity index (χ4v) is 4.41. The molecule has 1 saturated carbocycles. The van der Waals surface area contributed by atoms with E-state index in [0.717, 1.165) is 24.9 Å². The van der Waals surface area contributed by atoms with E-state index in [9.17, 15) is 8.42 Å². The van der Waals surface area contributed by atoms with E-state index in [1.54, 1.807) is 13.1 Å². The average Bonchev–Trinajstić information content (AvgIpc) is 3.09. The summed E-state index contributed by atoms with van der Waals surface area (Å²) in [4.78, 5) is 0.